The van der Waals surface area contributed by atoms with E-state index in [4.69, 9.17) is 0 Å². The van der Waals surface area contributed by atoms with E-state index in [1.54, 1.807) is 6.07 Å². The van der Waals surface area contributed by atoms with Gasteiger partial charge in [-0.3, -0.25) is 4.79 Å². The molecule has 0 aliphatic heterocycles. The van der Waals surface area contributed by atoms with Crippen molar-refractivity contribution in [2.75, 3.05) is 11.9 Å². The van der Waals surface area contributed by atoms with Crippen LogP contribution >= 0.6 is 0 Å². The first kappa shape index (κ1) is 23.7. The fourth-order valence-corrected chi connectivity index (χ4v) is 4.58. The van der Waals surface area contributed by atoms with Gasteiger partial charge in [-0.2, -0.15) is 5.26 Å². The van der Waals surface area contributed by atoms with Gasteiger partial charge in [0, 0.05) is 23.0 Å². The Labute approximate surface area is 201 Å². The van der Waals surface area contributed by atoms with E-state index >= 15 is 0 Å². The Bertz CT molecular complexity index is 1200. The monoisotopic (exact) mass is 456 g/mol. The van der Waals surface area contributed by atoms with Gasteiger partial charge in [0.1, 0.15) is 12.1 Å². The Balaban J connectivity index is 1.38. The van der Waals surface area contributed by atoms with Crippen LogP contribution in [0.1, 0.15) is 52.0 Å². The van der Waals surface area contributed by atoms with Gasteiger partial charge in [0.25, 0.3) is 0 Å². The van der Waals surface area contributed by atoms with Crippen molar-refractivity contribution in [3.05, 3.63) is 54.4 Å². The first-order valence-electron chi connectivity index (χ1n) is 11.9. The predicted octanol–water partition coefficient (Wildman–Crippen LogP) is 4.40. The van der Waals surface area contributed by atoms with Gasteiger partial charge >= 0.3 is 0 Å². The number of carbonyl (C=O) groups excluding carboxylic acids is 1. The van der Waals surface area contributed by atoms with Crippen molar-refractivity contribution >= 4 is 22.6 Å². The molecule has 4 rings (SSSR count). The van der Waals surface area contributed by atoms with Gasteiger partial charge in [-0.15, -0.1) is 0 Å². The second kappa shape index (κ2) is 10.2. The van der Waals surface area contributed by atoms with Gasteiger partial charge in [-0.05, 0) is 81.8 Å². The van der Waals surface area contributed by atoms with E-state index in [0.717, 1.165) is 47.7 Å². The molecule has 0 unspecified atom stereocenters. The molecule has 0 bridgehead atoms. The first-order valence-corrected chi connectivity index (χ1v) is 11.9. The van der Waals surface area contributed by atoms with Crippen LogP contribution in [-0.2, 0) is 4.79 Å². The maximum atomic E-state index is 12.6. The second-order valence-corrected chi connectivity index (χ2v) is 10.0. The third-order valence-corrected chi connectivity index (χ3v) is 6.11. The standard InChI is InChI=1S/C27H32N6O/c1-27(2,3)33-22-10-8-21(9-11-22)32-25(34)16-29-26-23-14-20(7-12-24(23)30-17-31-26)19-6-4-5-18(13-19)15-28/h4-7,12-14,17,21-22,33H,8-11,16H2,1-3H3,(H,32,34)(H,29,30,31). The van der Waals surface area contributed by atoms with Gasteiger partial charge < -0.3 is 16.0 Å². The number of amides is 1. The number of anilines is 1. The number of nitrogens with zero attached hydrogens (tertiary/aromatic N) is 3. The van der Waals surface area contributed by atoms with Gasteiger partial charge in [-0.25, -0.2) is 9.97 Å². The number of fused-ring (bicyclic) bond motifs is 1. The molecular weight excluding hydrogens is 424 g/mol. The number of hydrogen-bond acceptors (Lipinski definition) is 6. The molecule has 176 valence electrons. The van der Waals surface area contributed by atoms with Gasteiger partial charge in [-0.1, -0.05) is 18.2 Å². The Hall–Kier alpha value is -3.50. The molecule has 2 aromatic carbocycles. The van der Waals surface area contributed by atoms with Crippen LogP contribution in [0, 0.1) is 11.3 Å². The summed E-state index contributed by atoms with van der Waals surface area (Å²) in [7, 11) is 0. The highest BCUT2D eigenvalue weighted by atomic mass is 16.2. The lowest BCUT2D eigenvalue weighted by molar-refractivity contribution is -0.120. The summed E-state index contributed by atoms with van der Waals surface area (Å²) in [5, 5.41) is 20.1. The molecule has 0 spiro atoms. The summed E-state index contributed by atoms with van der Waals surface area (Å²) in [6.07, 6.45) is 5.62. The Morgan fingerprint density at radius 2 is 1.76 bits per heavy atom. The zero-order chi connectivity index (χ0) is 24.1. The summed E-state index contributed by atoms with van der Waals surface area (Å²) in [6.45, 7) is 6.72. The van der Waals surface area contributed by atoms with Crippen LogP contribution in [0.5, 0.6) is 0 Å². The van der Waals surface area contributed by atoms with E-state index in [1.807, 2.05) is 36.4 Å². The molecule has 1 aromatic heterocycles. The predicted molar refractivity (Wildman–Crippen MR) is 135 cm³/mol. The van der Waals surface area contributed by atoms with E-state index in [9.17, 15) is 10.1 Å². The van der Waals surface area contributed by atoms with E-state index in [0.29, 0.717) is 17.4 Å². The summed E-state index contributed by atoms with van der Waals surface area (Å²) in [5.41, 5.74) is 3.43. The SMILES string of the molecule is CC(C)(C)NC1CCC(NC(=O)CNc2ncnc3ccc(-c4cccc(C#N)c4)cc23)CC1. The number of nitrogens with one attached hydrogen (secondary N) is 3. The molecule has 0 atom stereocenters. The van der Waals surface area contributed by atoms with Crippen LogP contribution < -0.4 is 16.0 Å². The molecular formula is C27H32N6O. The third-order valence-electron chi connectivity index (χ3n) is 6.11. The quantitative estimate of drug-likeness (QED) is 0.508. The van der Waals surface area contributed by atoms with E-state index in [-0.39, 0.29) is 24.0 Å². The normalized spacial score (nSPS) is 18.3. The lowest BCUT2D eigenvalue weighted by atomic mass is 9.89. The fraction of sp³-hybridized carbons (Fsp3) is 0.407. The molecule has 1 saturated carbocycles. The summed E-state index contributed by atoms with van der Waals surface area (Å²) in [6, 6.07) is 16.3. The van der Waals surface area contributed by atoms with Crippen molar-refractivity contribution in [2.45, 2.75) is 64.1 Å². The van der Waals surface area contributed by atoms with Crippen molar-refractivity contribution in [3.63, 3.8) is 0 Å². The Morgan fingerprint density at radius 3 is 2.50 bits per heavy atom. The minimum absolute atomic E-state index is 0.0307. The van der Waals surface area contributed by atoms with Crippen molar-refractivity contribution in [3.8, 4) is 17.2 Å². The molecule has 0 saturated heterocycles. The summed E-state index contributed by atoms with van der Waals surface area (Å²) >= 11 is 0. The topological polar surface area (TPSA) is 103 Å². The number of benzene rings is 2. The van der Waals surface area contributed by atoms with Gasteiger partial charge in [0.05, 0.1) is 23.7 Å². The van der Waals surface area contributed by atoms with Crippen LogP contribution in [0.3, 0.4) is 0 Å². The van der Waals surface area contributed by atoms with Crippen LogP contribution in [-0.4, -0.2) is 40.0 Å². The molecule has 1 amide bonds. The minimum Gasteiger partial charge on any atom is -0.360 e. The maximum absolute atomic E-state index is 12.6. The number of hydrogen-bond donors (Lipinski definition) is 3. The zero-order valence-electron chi connectivity index (χ0n) is 20.1. The van der Waals surface area contributed by atoms with Crippen molar-refractivity contribution in [1.82, 2.24) is 20.6 Å². The fourth-order valence-electron chi connectivity index (χ4n) is 4.58. The summed E-state index contributed by atoms with van der Waals surface area (Å²) < 4.78 is 0. The van der Waals surface area contributed by atoms with Crippen molar-refractivity contribution < 1.29 is 4.79 Å². The highest BCUT2D eigenvalue weighted by Gasteiger charge is 2.25. The lowest BCUT2D eigenvalue weighted by Crippen LogP contribution is -2.48. The lowest BCUT2D eigenvalue weighted by Gasteiger charge is -2.34. The molecule has 1 heterocycles. The summed E-state index contributed by atoms with van der Waals surface area (Å²) in [5.74, 6) is 0.591. The summed E-state index contributed by atoms with van der Waals surface area (Å²) in [4.78, 5) is 21.4. The smallest absolute Gasteiger partial charge is 0.239 e. The molecule has 7 nitrogen and oxygen atoms in total. The maximum Gasteiger partial charge on any atom is 0.239 e. The average Bonchev–Trinajstić information content (AvgIpc) is 2.82. The van der Waals surface area contributed by atoms with Crippen LogP contribution in [0.15, 0.2) is 48.8 Å². The highest BCUT2D eigenvalue weighted by molar-refractivity contribution is 5.93. The molecule has 0 radical (unpaired) electrons. The van der Waals surface area contributed by atoms with Crippen LogP contribution in [0.2, 0.25) is 0 Å². The molecule has 3 N–H and O–H groups in total. The minimum atomic E-state index is -0.0307. The Kier molecular flexibility index (Phi) is 7.09. The molecule has 7 heteroatoms. The van der Waals surface area contributed by atoms with Gasteiger partial charge in [0.2, 0.25) is 5.91 Å². The number of carbonyl (C=O) groups is 1. The molecule has 3 aromatic rings. The van der Waals surface area contributed by atoms with Gasteiger partial charge in [0.15, 0.2) is 0 Å². The number of rotatable bonds is 6. The Morgan fingerprint density at radius 1 is 1.03 bits per heavy atom. The largest absolute Gasteiger partial charge is 0.360 e. The number of aromatic nitrogens is 2. The molecule has 34 heavy (non-hydrogen) atoms. The second-order valence-electron chi connectivity index (χ2n) is 10.0. The first-order chi connectivity index (χ1) is 16.3. The molecule has 1 aliphatic carbocycles. The third kappa shape index (κ3) is 6.09. The van der Waals surface area contributed by atoms with Crippen molar-refractivity contribution in [1.29, 1.82) is 5.26 Å². The van der Waals surface area contributed by atoms with E-state index in [1.165, 1.54) is 6.33 Å². The van der Waals surface area contributed by atoms with Crippen molar-refractivity contribution in [2.24, 2.45) is 0 Å². The number of nitriles is 1. The highest BCUT2D eigenvalue weighted by Crippen LogP contribution is 2.27. The molecule has 1 aliphatic rings. The van der Waals surface area contributed by atoms with E-state index < -0.39 is 0 Å². The average molecular weight is 457 g/mol. The van der Waals surface area contributed by atoms with Crippen LogP contribution in [0.4, 0.5) is 5.82 Å². The van der Waals surface area contributed by atoms with Crippen LogP contribution in [0.25, 0.3) is 22.0 Å². The zero-order valence-corrected chi connectivity index (χ0v) is 20.1. The molecule has 1 fully saturated rings. The van der Waals surface area contributed by atoms with E-state index in [2.05, 4.69) is 52.8 Å².